The summed E-state index contributed by atoms with van der Waals surface area (Å²) in [5, 5.41) is 9.46. The second-order valence-corrected chi connectivity index (χ2v) is 13.2. The van der Waals surface area contributed by atoms with Gasteiger partial charge in [0.05, 0.1) is 4.53 Å². The first kappa shape index (κ1) is 31.9. The Bertz CT molecular complexity index is 2120. The summed E-state index contributed by atoms with van der Waals surface area (Å²) < 4.78 is 2.17. The molecule has 5 aromatic rings. The number of amides is 1. The highest BCUT2D eigenvalue weighted by molar-refractivity contribution is 8.30. The average molecular weight is 676 g/mol. The molecule has 234 valence electrons. The van der Waals surface area contributed by atoms with Crippen molar-refractivity contribution in [2.45, 2.75) is 13.5 Å². The Balaban J connectivity index is 1.24. The van der Waals surface area contributed by atoms with Crippen molar-refractivity contribution in [1.29, 1.82) is 0 Å². The molecule has 0 spiro atoms. The smallest absolute Gasteiger partial charge is 0.323 e. The summed E-state index contributed by atoms with van der Waals surface area (Å²) in [6.07, 6.45) is 5.79. The van der Waals surface area contributed by atoms with Gasteiger partial charge in [-0.25, -0.2) is 0 Å². The van der Waals surface area contributed by atoms with Crippen LogP contribution in [0.4, 0.5) is 17.1 Å². The number of benzene rings is 4. The summed E-state index contributed by atoms with van der Waals surface area (Å²) in [4.78, 5) is 41.7. The van der Waals surface area contributed by atoms with Gasteiger partial charge in [0.1, 0.15) is 20.4 Å². The van der Waals surface area contributed by atoms with Crippen LogP contribution in [-0.4, -0.2) is 37.3 Å². The fourth-order valence-electron chi connectivity index (χ4n) is 5.15. The maximum atomic E-state index is 13.3. The Morgan fingerprint density at radius 2 is 1.30 bits per heavy atom. The van der Waals surface area contributed by atoms with E-state index in [4.69, 9.17) is 12.2 Å². The fourth-order valence-corrected chi connectivity index (χ4v) is 7.79. The van der Waals surface area contributed by atoms with Crippen LogP contribution in [0.1, 0.15) is 23.6 Å². The third-order valence-electron chi connectivity index (χ3n) is 7.44. The number of hydrogen-bond donors (Lipinski definition) is 1. The number of anilines is 3. The molecule has 0 bridgehead atoms. The molecule has 2 heterocycles. The molecule has 1 aliphatic heterocycles. The summed E-state index contributed by atoms with van der Waals surface area (Å²) in [6.45, 7) is 1.66. The minimum absolute atomic E-state index is 0.279. The Labute approximate surface area is 285 Å². The van der Waals surface area contributed by atoms with E-state index in [0.29, 0.717) is 20.1 Å². The lowest BCUT2D eigenvalue weighted by atomic mass is 10.1. The van der Waals surface area contributed by atoms with Crippen LogP contribution in [-0.2, 0) is 16.1 Å². The van der Waals surface area contributed by atoms with Crippen molar-refractivity contribution in [1.82, 2.24) is 9.47 Å². The van der Waals surface area contributed by atoms with Crippen molar-refractivity contribution in [3.63, 3.8) is 0 Å². The van der Waals surface area contributed by atoms with Crippen molar-refractivity contribution in [2.75, 3.05) is 11.4 Å². The van der Waals surface area contributed by atoms with E-state index in [9.17, 15) is 19.5 Å². The number of carbonyl (C=O) groups excluding carboxylic acids is 1. The number of thioether (sulfide) groups is 1. The summed E-state index contributed by atoms with van der Waals surface area (Å²) in [6, 6.07) is 36.6. The quantitative estimate of drug-likeness (QED) is 0.142. The minimum atomic E-state index is -1.17. The van der Waals surface area contributed by atoms with Gasteiger partial charge in [0.15, 0.2) is 0 Å². The van der Waals surface area contributed by atoms with Gasteiger partial charge in [-0.1, -0.05) is 109 Å². The molecule has 6 rings (SSSR count). The van der Waals surface area contributed by atoms with Gasteiger partial charge in [0.25, 0.3) is 11.5 Å². The second-order valence-electron chi connectivity index (χ2n) is 10.5. The number of hydrogen-bond acceptors (Lipinski definition) is 7. The average Bonchev–Trinajstić information content (AvgIpc) is 3.54. The lowest BCUT2D eigenvalue weighted by Gasteiger charge is -2.25. The van der Waals surface area contributed by atoms with Gasteiger partial charge in [0.2, 0.25) is 0 Å². The van der Waals surface area contributed by atoms with Crippen LogP contribution < -0.4 is 19.7 Å². The number of para-hydroxylation sites is 2. The maximum absolute atomic E-state index is 13.3. The molecule has 0 unspecified atom stereocenters. The van der Waals surface area contributed by atoms with Crippen LogP contribution in [0.25, 0.3) is 23.1 Å². The number of thiazole rings is 1. The summed E-state index contributed by atoms with van der Waals surface area (Å²) >= 11 is 7.51. The number of aliphatic carboxylic acids is 1. The number of thiocarbonyl (C=S) groups is 1. The first-order chi connectivity index (χ1) is 22.8. The predicted molar refractivity (Wildman–Crippen MR) is 197 cm³/mol. The SMILES string of the molecule is CCN1C(=O)/C(=c2/s/c(=C/c3ccc(/C=C/c4ccc(N(c5ccccc5)c5ccccc5)cc4)cc3)c(=O)n2CC(=O)O)SC1=S. The maximum Gasteiger partial charge on any atom is 0.323 e. The van der Waals surface area contributed by atoms with E-state index < -0.39 is 18.1 Å². The monoisotopic (exact) mass is 675 g/mol. The second kappa shape index (κ2) is 14.2. The molecule has 0 saturated carbocycles. The highest BCUT2D eigenvalue weighted by Gasteiger charge is 2.33. The Hall–Kier alpha value is -5.03. The Morgan fingerprint density at radius 3 is 1.81 bits per heavy atom. The van der Waals surface area contributed by atoms with Crippen molar-refractivity contribution >= 4 is 91.7 Å². The molecule has 7 nitrogen and oxygen atoms in total. The highest BCUT2D eigenvalue weighted by Crippen LogP contribution is 2.34. The van der Waals surface area contributed by atoms with Gasteiger partial charge in [-0.05, 0) is 66.1 Å². The number of carboxylic acids is 1. The van der Waals surface area contributed by atoms with Gasteiger partial charge >= 0.3 is 5.97 Å². The van der Waals surface area contributed by atoms with Crippen LogP contribution in [0.5, 0.6) is 0 Å². The van der Waals surface area contributed by atoms with E-state index in [-0.39, 0.29) is 10.8 Å². The molecule has 0 aliphatic carbocycles. The summed E-state index contributed by atoms with van der Waals surface area (Å²) in [5.74, 6) is -1.48. The first-order valence-corrected chi connectivity index (χ1v) is 16.9. The summed E-state index contributed by atoms with van der Waals surface area (Å²) in [5.41, 5.74) is 5.56. The molecular weight excluding hydrogens is 647 g/mol. The first-order valence-electron chi connectivity index (χ1n) is 14.8. The molecule has 10 heteroatoms. The molecule has 0 atom stereocenters. The third kappa shape index (κ3) is 7.05. The molecule has 1 saturated heterocycles. The van der Waals surface area contributed by atoms with Crippen LogP contribution in [0, 0.1) is 0 Å². The van der Waals surface area contributed by atoms with Crippen LogP contribution in [0.2, 0.25) is 0 Å². The van der Waals surface area contributed by atoms with Crippen LogP contribution >= 0.6 is 35.3 Å². The van der Waals surface area contributed by atoms with Crippen molar-refractivity contribution in [3.8, 4) is 0 Å². The number of nitrogens with zero attached hydrogens (tertiary/aromatic N) is 3. The Morgan fingerprint density at radius 1 is 0.787 bits per heavy atom. The van der Waals surface area contributed by atoms with Crippen LogP contribution in [0.15, 0.2) is 114 Å². The van der Waals surface area contributed by atoms with Crippen molar-refractivity contribution in [2.24, 2.45) is 0 Å². The topological polar surface area (TPSA) is 82.9 Å². The van der Waals surface area contributed by atoms with Crippen LogP contribution in [0.3, 0.4) is 0 Å². The number of carboxylic acid groups (broad SMARTS) is 1. The van der Waals surface area contributed by atoms with Gasteiger partial charge in [0, 0.05) is 23.6 Å². The zero-order valence-corrected chi connectivity index (χ0v) is 27.7. The van der Waals surface area contributed by atoms with E-state index in [1.165, 1.54) is 4.90 Å². The van der Waals surface area contributed by atoms with Gasteiger partial charge in [-0.15, -0.1) is 11.3 Å². The molecule has 0 radical (unpaired) electrons. The Kier molecular flexibility index (Phi) is 9.63. The van der Waals surface area contributed by atoms with E-state index >= 15 is 0 Å². The number of aromatic nitrogens is 1. The van der Waals surface area contributed by atoms with Gasteiger partial charge < -0.3 is 10.0 Å². The van der Waals surface area contributed by atoms with E-state index in [0.717, 1.165) is 61.4 Å². The molecule has 1 fully saturated rings. The van der Waals surface area contributed by atoms with E-state index in [1.807, 2.05) is 79.7 Å². The lowest BCUT2D eigenvalue weighted by Crippen LogP contribution is -2.35. The van der Waals surface area contributed by atoms with E-state index in [2.05, 4.69) is 53.4 Å². The zero-order chi connectivity index (χ0) is 32.9. The van der Waals surface area contributed by atoms with Gasteiger partial charge in [-0.2, -0.15) is 0 Å². The number of carbonyl (C=O) groups is 2. The predicted octanol–water partition coefficient (Wildman–Crippen LogP) is 6.45. The fraction of sp³-hybridized carbons (Fsp3) is 0.0811. The molecule has 47 heavy (non-hydrogen) atoms. The van der Waals surface area contributed by atoms with Crippen molar-refractivity contribution < 1.29 is 14.7 Å². The molecule has 1 aromatic heterocycles. The standard InChI is InChI=1S/C37H29N3O4S3/c1-2-38-35(44)33(47-37(38)45)36-39(24-32(41)42)34(43)31(46-36)23-27-17-15-25(16-18-27)13-14-26-19-21-30(22-20-26)40(28-9-5-3-6-10-28)29-11-7-4-8-12-29/h3-23H,2,24H2,1H3,(H,41,42)/b14-13+,31-23+,36-33-. The summed E-state index contributed by atoms with van der Waals surface area (Å²) in [7, 11) is 0. The number of rotatable bonds is 9. The molecular formula is C37H29N3O4S3. The zero-order valence-electron chi connectivity index (χ0n) is 25.3. The molecule has 1 N–H and O–H groups in total. The highest BCUT2D eigenvalue weighted by atomic mass is 32.2. The van der Waals surface area contributed by atoms with E-state index in [1.54, 1.807) is 6.08 Å². The molecule has 4 aromatic carbocycles. The lowest BCUT2D eigenvalue weighted by molar-refractivity contribution is -0.137. The third-order valence-corrected chi connectivity index (χ3v) is 10.1. The normalized spacial score (nSPS) is 14.7. The van der Waals surface area contributed by atoms with Crippen molar-refractivity contribution in [3.05, 3.63) is 145 Å². The van der Waals surface area contributed by atoms with Gasteiger partial charge in [-0.3, -0.25) is 23.9 Å². The minimum Gasteiger partial charge on any atom is -0.480 e. The largest absolute Gasteiger partial charge is 0.480 e. The molecule has 1 aliphatic rings. The molecule has 1 amide bonds.